The highest BCUT2D eigenvalue weighted by atomic mass is 32.2. The lowest BCUT2D eigenvalue weighted by Crippen LogP contribution is -2.49. The van der Waals surface area contributed by atoms with E-state index < -0.39 is 21.8 Å². The summed E-state index contributed by atoms with van der Waals surface area (Å²) in [5.41, 5.74) is 1.99. The molecule has 0 saturated carbocycles. The largest absolute Gasteiger partial charge is 0.464 e. The van der Waals surface area contributed by atoms with Gasteiger partial charge in [-0.15, -0.1) is 11.3 Å². The first-order valence-corrected chi connectivity index (χ1v) is 10.9. The van der Waals surface area contributed by atoms with Gasteiger partial charge in [-0.2, -0.15) is 0 Å². The number of rotatable bonds is 4. The summed E-state index contributed by atoms with van der Waals surface area (Å²) >= 11 is 0.919. The van der Waals surface area contributed by atoms with Gasteiger partial charge in [0.1, 0.15) is 10.3 Å². The van der Waals surface area contributed by atoms with Crippen LogP contribution in [0.25, 0.3) is 0 Å². The van der Waals surface area contributed by atoms with Crippen molar-refractivity contribution in [3.8, 4) is 0 Å². The van der Waals surface area contributed by atoms with Crippen LogP contribution in [0.3, 0.4) is 0 Å². The number of fused-ring (bicyclic) bond motifs is 1. The standard InChI is InChI=1S/C18H19NO5S2/c1-3-24-18(21)14-10-12-6-4-5-7-13(12)11-19(14)17(20)15-8-9-16(25-15)26(2,22)23/h4-9,14H,3,10-11H2,1-2H3. The average Bonchev–Trinajstić information content (AvgIpc) is 3.10. The Labute approximate surface area is 156 Å². The van der Waals surface area contributed by atoms with E-state index in [9.17, 15) is 18.0 Å². The summed E-state index contributed by atoms with van der Waals surface area (Å²) < 4.78 is 28.6. The van der Waals surface area contributed by atoms with Crippen LogP contribution in [0, 0.1) is 0 Å². The van der Waals surface area contributed by atoms with Gasteiger partial charge in [-0.1, -0.05) is 24.3 Å². The molecule has 1 amide bonds. The third kappa shape index (κ3) is 3.66. The van der Waals surface area contributed by atoms with Crippen molar-refractivity contribution >= 4 is 33.1 Å². The summed E-state index contributed by atoms with van der Waals surface area (Å²) in [6.45, 7) is 2.24. The highest BCUT2D eigenvalue weighted by molar-refractivity contribution is 7.92. The first-order chi connectivity index (χ1) is 12.3. The molecule has 1 aliphatic heterocycles. The van der Waals surface area contributed by atoms with Gasteiger partial charge in [0, 0.05) is 19.2 Å². The molecule has 0 saturated heterocycles. The van der Waals surface area contributed by atoms with Crippen LogP contribution in [-0.2, 0) is 32.3 Å². The molecule has 138 valence electrons. The predicted octanol–water partition coefficient (Wildman–Crippen LogP) is 2.28. The van der Waals surface area contributed by atoms with Gasteiger partial charge in [0.25, 0.3) is 5.91 Å². The van der Waals surface area contributed by atoms with E-state index in [1.54, 1.807) is 6.92 Å². The molecule has 1 atom stereocenters. The van der Waals surface area contributed by atoms with Gasteiger partial charge in [-0.3, -0.25) is 4.79 Å². The number of benzene rings is 1. The van der Waals surface area contributed by atoms with Crippen LogP contribution in [0.1, 0.15) is 27.7 Å². The van der Waals surface area contributed by atoms with Crippen molar-refractivity contribution in [2.24, 2.45) is 0 Å². The zero-order valence-corrected chi connectivity index (χ0v) is 16.1. The van der Waals surface area contributed by atoms with Gasteiger partial charge in [0.2, 0.25) is 0 Å². The smallest absolute Gasteiger partial charge is 0.329 e. The van der Waals surface area contributed by atoms with E-state index in [4.69, 9.17) is 4.74 Å². The zero-order chi connectivity index (χ0) is 18.9. The summed E-state index contributed by atoms with van der Waals surface area (Å²) in [6, 6.07) is 9.84. The monoisotopic (exact) mass is 393 g/mol. The number of sulfone groups is 1. The Hall–Kier alpha value is -2.19. The molecular formula is C18H19NO5S2. The van der Waals surface area contributed by atoms with Gasteiger partial charge in [0.05, 0.1) is 11.5 Å². The quantitative estimate of drug-likeness (QED) is 0.745. The molecule has 0 N–H and O–H groups in total. The molecule has 2 heterocycles. The van der Waals surface area contributed by atoms with E-state index in [0.717, 1.165) is 28.7 Å². The van der Waals surface area contributed by atoms with Crippen molar-refractivity contribution in [1.82, 2.24) is 4.90 Å². The molecule has 1 unspecified atom stereocenters. The minimum Gasteiger partial charge on any atom is -0.464 e. The van der Waals surface area contributed by atoms with Crippen molar-refractivity contribution in [3.63, 3.8) is 0 Å². The molecule has 26 heavy (non-hydrogen) atoms. The Balaban J connectivity index is 1.95. The molecule has 0 radical (unpaired) electrons. The maximum Gasteiger partial charge on any atom is 0.329 e. The normalized spacial score (nSPS) is 16.8. The van der Waals surface area contributed by atoms with Crippen LogP contribution in [0.15, 0.2) is 40.6 Å². The average molecular weight is 393 g/mol. The molecule has 1 aromatic carbocycles. The van der Waals surface area contributed by atoms with Crippen LogP contribution >= 0.6 is 11.3 Å². The third-order valence-electron chi connectivity index (χ3n) is 4.23. The van der Waals surface area contributed by atoms with E-state index in [0.29, 0.717) is 11.3 Å². The fraction of sp³-hybridized carbons (Fsp3) is 0.333. The second kappa shape index (κ2) is 7.20. The zero-order valence-electron chi connectivity index (χ0n) is 14.5. The van der Waals surface area contributed by atoms with Crippen molar-refractivity contribution in [2.75, 3.05) is 12.9 Å². The van der Waals surface area contributed by atoms with Crippen LogP contribution in [-0.4, -0.2) is 44.1 Å². The van der Waals surface area contributed by atoms with E-state index in [-0.39, 0.29) is 23.3 Å². The fourth-order valence-corrected chi connectivity index (χ4v) is 4.84. The SMILES string of the molecule is CCOC(=O)C1Cc2ccccc2CN1C(=O)c1ccc(S(C)(=O)=O)s1. The first-order valence-electron chi connectivity index (χ1n) is 8.15. The summed E-state index contributed by atoms with van der Waals surface area (Å²) in [5, 5.41) is 0. The van der Waals surface area contributed by atoms with Crippen LogP contribution in [0.2, 0.25) is 0 Å². The molecule has 1 aromatic heterocycles. The predicted molar refractivity (Wildman–Crippen MR) is 97.9 cm³/mol. The Bertz CT molecular complexity index is 948. The molecule has 1 aliphatic rings. The number of thiophene rings is 1. The van der Waals surface area contributed by atoms with Gasteiger partial charge in [-0.25, -0.2) is 13.2 Å². The van der Waals surface area contributed by atoms with E-state index in [1.165, 1.54) is 17.0 Å². The molecule has 0 aliphatic carbocycles. The molecule has 8 heteroatoms. The molecule has 6 nitrogen and oxygen atoms in total. The van der Waals surface area contributed by atoms with Crippen LogP contribution in [0.4, 0.5) is 0 Å². The number of carbonyl (C=O) groups excluding carboxylic acids is 2. The number of carbonyl (C=O) groups is 2. The topological polar surface area (TPSA) is 80.8 Å². The van der Waals surface area contributed by atoms with Gasteiger partial charge in [0.15, 0.2) is 9.84 Å². The highest BCUT2D eigenvalue weighted by Gasteiger charge is 2.36. The van der Waals surface area contributed by atoms with E-state index in [2.05, 4.69) is 0 Å². The van der Waals surface area contributed by atoms with Gasteiger partial charge >= 0.3 is 5.97 Å². The lowest BCUT2D eigenvalue weighted by molar-refractivity contribution is -0.149. The van der Waals surface area contributed by atoms with Crippen LogP contribution in [0.5, 0.6) is 0 Å². The lowest BCUT2D eigenvalue weighted by Gasteiger charge is -2.35. The number of nitrogens with zero attached hydrogens (tertiary/aromatic N) is 1. The summed E-state index contributed by atoms with van der Waals surface area (Å²) in [6.07, 6.45) is 1.48. The van der Waals surface area contributed by atoms with Gasteiger partial charge < -0.3 is 9.64 Å². The summed E-state index contributed by atoms with van der Waals surface area (Å²) in [4.78, 5) is 27.2. The second-order valence-corrected chi connectivity index (χ2v) is 9.39. The molecular weight excluding hydrogens is 374 g/mol. The molecule has 0 fully saturated rings. The van der Waals surface area contributed by atoms with Crippen molar-refractivity contribution in [2.45, 2.75) is 30.1 Å². The lowest BCUT2D eigenvalue weighted by atomic mass is 9.94. The maximum absolute atomic E-state index is 13.0. The number of ether oxygens (including phenoxy) is 1. The third-order valence-corrected chi connectivity index (χ3v) is 7.12. The van der Waals surface area contributed by atoms with E-state index >= 15 is 0 Å². The second-order valence-electron chi connectivity index (χ2n) is 6.06. The summed E-state index contributed by atoms with van der Waals surface area (Å²) in [5.74, 6) is -0.812. The Morgan fingerprint density at radius 3 is 2.50 bits per heavy atom. The number of amides is 1. The molecule has 3 rings (SSSR count). The van der Waals surface area contributed by atoms with Crippen LogP contribution < -0.4 is 0 Å². The summed E-state index contributed by atoms with van der Waals surface area (Å²) in [7, 11) is -3.38. The Morgan fingerprint density at radius 1 is 1.19 bits per heavy atom. The maximum atomic E-state index is 13.0. The van der Waals surface area contributed by atoms with Gasteiger partial charge in [-0.05, 0) is 30.2 Å². The fourth-order valence-electron chi connectivity index (χ4n) is 2.96. The van der Waals surface area contributed by atoms with E-state index in [1.807, 2.05) is 24.3 Å². The molecule has 2 aromatic rings. The number of hydrogen-bond acceptors (Lipinski definition) is 6. The molecule has 0 spiro atoms. The molecule has 0 bridgehead atoms. The number of hydrogen-bond donors (Lipinski definition) is 0. The van der Waals surface area contributed by atoms with Crippen molar-refractivity contribution in [3.05, 3.63) is 52.4 Å². The van der Waals surface area contributed by atoms with Crippen molar-refractivity contribution < 1.29 is 22.7 Å². The first kappa shape index (κ1) is 18.6. The Kier molecular flexibility index (Phi) is 5.15. The number of esters is 1. The minimum atomic E-state index is -3.38. The van der Waals surface area contributed by atoms with Crippen molar-refractivity contribution in [1.29, 1.82) is 0 Å². The highest BCUT2D eigenvalue weighted by Crippen LogP contribution is 2.29. The Morgan fingerprint density at radius 2 is 1.88 bits per heavy atom. The minimum absolute atomic E-state index is 0.131.